The van der Waals surface area contributed by atoms with Crippen molar-refractivity contribution >= 4 is 34.2 Å². The molecule has 1 amide bonds. The summed E-state index contributed by atoms with van der Waals surface area (Å²) < 4.78 is 6.21. The van der Waals surface area contributed by atoms with E-state index in [0.717, 1.165) is 24.0 Å². The fraction of sp³-hybridized carbons (Fsp3) is 0.462. The van der Waals surface area contributed by atoms with Crippen LogP contribution in [0.3, 0.4) is 0 Å². The summed E-state index contributed by atoms with van der Waals surface area (Å²) in [6.45, 7) is 1.72. The number of methoxy groups -OCH3 is 1. The molecule has 2 heterocycles. The van der Waals surface area contributed by atoms with Gasteiger partial charge >= 0.3 is 0 Å². The molecular weight excluding hydrogens is 332 g/mol. The molecule has 1 aromatic carbocycles. The summed E-state index contributed by atoms with van der Waals surface area (Å²) >= 11 is 3.39. The fourth-order valence-electron chi connectivity index (χ4n) is 2.81. The predicted molar refractivity (Wildman–Crippen MR) is 79.2 cm³/mol. The summed E-state index contributed by atoms with van der Waals surface area (Å²) in [6.07, 6.45) is 1.07. The number of halogens is 2. The SMILES string of the molecule is COc1cc(Br)ccc1C(=O)N1CC2CC1CN2.Cl. The lowest BCUT2D eigenvalue weighted by molar-refractivity contribution is 0.0712. The lowest BCUT2D eigenvalue weighted by atomic mass is 10.1. The van der Waals surface area contributed by atoms with Gasteiger partial charge in [0.05, 0.1) is 12.7 Å². The Kier molecular flexibility index (Phi) is 4.38. The van der Waals surface area contributed by atoms with Crippen LogP contribution in [0.2, 0.25) is 0 Å². The number of piperazine rings is 1. The van der Waals surface area contributed by atoms with Gasteiger partial charge in [-0.2, -0.15) is 0 Å². The standard InChI is InChI=1S/C13H15BrN2O2.ClH/c1-18-12-4-8(14)2-3-11(12)13(17)16-7-9-5-10(16)6-15-9;/h2-4,9-10,15H,5-7H2,1H3;1H. The topological polar surface area (TPSA) is 41.6 Å². The van der Waals surface area contributed by atoms with Crippen LogP contribution >= 0.6 is 28.3 Å². The first-order chi connectivity index (χ1) is 8.69. The second-order valence-corrected chi connectivity index (χ2v) is 5.71. The van der Waals surface area contributed by atoms with Crippen molar-refractivity contribution in [1.82, 2.24) is 10.2 Å². The van der Waals surface area contributed by atoms with Gasteiger partial charge < -0.3 is 15.0 Å². The normalized spacial score (nSPS) is 24.2. The molecule has 19 heavy (non-hydrogen) atoms. The highest BCUT2D eigenvalue weighted by atomic mass is 79.9. The number of rotatable bonds is 2. The first kappa shape index (κ1) is 14.6. The molecule has 6 heteroatoms. The van der Waals surface area contributed by atoms with Crippen molar-refractivity contribution in [2.24, 2.45) is 0 Å². The number of carbonyl (C=O) groups excluding carboxylic acids is 1. The highest BCUT2D eigenvalue weighted by molar-refractivity contribution is 9.10. The maximum Gasteiger partial charge on any atom is 0.257 e. The van der Waals surface area contributed by atoms with E-state index < -0.39 is 0 Å². The van der Waals surface area contributed by atoms with Gasteiger partial charge in [-0.25, -0.2) is 0 Å². The van der Waals surface area contributed by atoms with Crippen molar-refractivity contribution in [3.63, 3.8) is 0 Å². The van der Waals surface area contributed by atoms with Crippen LogP contribution in [0.5, 0.6) is 5.75 Å². The summed E-state index contributed by atoms with van der Waals surface area (Å²) in [5, 5.41) is 3.40. The number of hydrogen-bond acceptors (Lipinski definition) is 3. The zero-order valence-electron chi connectivity index (χ0n) is 10.6. The third-order valence-electron chi connectivity index (χ3n) is 3.71. The van der Waals surface area contributed by atoms with Crippen LogP contribution < -0.4 is 10.1 Å². The average molecular weight is 348 g/mol. The van der Waals surface area contributed by atoms with E-state index in [2.05, 4.69) is 21.2 Å². The van der Waals surface area contributed by atoms with E-state index in [-0.39, 0.29) is 18.3 Å². The summed E-state index contributed by atoms with van der Waals surface area (Å²) in [6, 6.07) is 6.35. The first-order valence-corrected chi connectivity index (χ1v) is 6.86. The molecule has 2 aliphatic heterocycles. The Labute approximate surface area is 127 Å². The molecule has 0 radical (unpaired) electrons. The molecule has 4 nitrogen and oxygen atoms in total. The Hall–Kier alpha value is -0.780. The van der Waals surface area contributed by atoms with Gasteiger partial charge in [-0.3, -0.25) is 4.79 Å². The number of benzene rings is 1. The molecule has 0 spiro atoms. The van der Waals surface area contributed by atoms with Crippen LogP contribution in [0.25, 0.3) is 0 Å². The number of nitrogens with zero attached hydrogens (tertiary/aromatic N) is 1. The van der Waals surface area contributed by atoms with Crippen LogP contribution in [0.1, 0.15) is 16.8 Å². The molecule has 2 bridgehead atoms. The van der Waals surface area contributed by atoms with E-state index in [9.17, 15) is 4.79 Å². The number of hydrogen-bond donors (Lipinski definition) is 1. The van der Waals surface area contributed by atoms with Crippen molar-refractivity contribution in [1.29, 1.82) is 0 Å². The highest BCUT2D eigenvalue weighted by Gasteiger charge is 2.40. The van der Waals surface area contributed by atoms with E-state index in [4.69, 9.17) is 4.74 Å². The molecular formula is C13H16BrClN2O2. The minimum Gasteiger partial charge on any atom is -0.496 e. The first-order valence-electron chi connectivity index (χ1n) is 6.07. The molecule has 2 saturated heterocycles. The fourth-order valence-corrected chi connectivity index (χ4v) is 3.15. The van der Waals surface area contributed by atoms with Gasteiger partial charge in [-0.1, -0.05) is 15.9 Å². The molecule has 2 fully saturated rings. The van der Waals surface area contributed by atoms with Crippen LogP contribution in [-0.2, 0) is 0 Å². The van der Waals surface area contributed by atoms with Gasteiger partial charge in [-0.15, -0.1) is 12.4 Å². The monoisotopic (exact) mass is 346 g/mol. The molecule has 2 atom stereocenters. The summed E-state index contributed by atoms with van der Waals surface area (Å²) in [4.78, 5) is 14.5. The number of likely N-dealkylation sites (tertiary alicyclic amines) is 1. The number of ether oxygens (including phenoxy) is 1. The van der Waals surface area contributed by atoms with Gasteiger partial charge in [0, 0.05) is 29.6 Å². The van der Waals surface area contributed by atoms with Gasteiger partial charge in [0.15, 0.2) is 0 Å². The molecule has 0 aromatic heterocycles. The zero-order chi connectivity index (χ0) is 12.7. The van der Waals surface area contributed by atoms with Crippen molar-refractivity contribution in [2.45, 2.75) is 18.5 Å². The van der Waals surface area contributed by atoms with Crippen LogP contribution in [0, 0.1) is 0 Å². The van der Waals surface area contributed by atoms with Crippen molar-refractivity contribution < 1.29 is 9.53 Å². The zero-order valence-corrected chi connectivity index (χ0v) is 13.0. The summed E-state index contributed by atoms with van der Waals surface area (Å²) in [5.74, 6) is 0.707. The summed E-state index contributed by atoms with van der Waals surface area (Å²) in [5.41, 5.74) is 0.647. The van der Waals surface area contributed by atoms with Crippen molar-refractivity contribution in [3.05, 3.63) is 28.2 Å². The number of nitrogens with one attached hydrogen (secondary N) is 1. The third-order valence-corrected chi connectivity index (χ3v) is 4.20. The quantitative estimate of drug-likeness (QED) is 0.890. The van der Waals surface area contributed by atoms with Crippen molar-refractivity contribution in [3.8, 4) is 5.75 Å². The number of carbonyl (C=O) groups is 1. The highest BCUT2D eigenvalue weighted by Crippen LogP contribution is 2.29. The van der Waals surface area contributed by atoms with Crippen LogP contribution in [0.15, 0.2) is 22.7 Å². The Bertz CT molecular complexity index is 498. The maximum atomic E-state index is 12.5. The largest absolute Gasteiger partial charge is 0.496 e. The molecule has 2 unspecified atom stereocenters. The third kappa shape index (κ3) is 2.59. The van der Waals surface area contributed by atoms with Gasteiger partial charge in [0.2, 0.25) is 0 Å². The van der Waals surface area contributed by atoms with Gasteiger partial charge in [-0.05, 0) is 24.6 Å². The smallest absolute Gasteiger partial charge is 0.257 e. The Morgan fingerprint density at radius 1 is 1.53 bits per heavy atom. The lowest BCUT2D eigenvalue weighted by Crippen LogP contribution is -2.46. The predicted octanol–water partition coefficient (Wildman–Crippen LogP) is 2.07. The minimum absolute atomic E-state index is 0. The maximum absolute atomic E-state index is 12.5. The molecule has 3 rings (SSSR count). The molecule has 1 aromatic rings. The van der Waals surface area contributed by atoms with E-state index in [1.807, 2.05) is 23.1 Å². The van der Waals surface area contributed by atoms with Gasteiger partial charge in [0.1, 0.15) is 5.75 Å². The second-order valence-electron chi connectivity index (χ2n) is 4.80. The molecule has 0 aliphatic carbocycles. The van der Waals surface area contributed by atoms with Gasteiger partial charge in [0.25, 0.3) is 5.91 Å². The van der Waals surface area contributed by atoms with E-state index >= 15 is 0 Å². The Balaban J connectivity index is 0.00000133. The number of amides is 1. The van der Waals surface area contributed by atoms with Crippen LogP contribution in [0.4, 0.5) is 0 Å². The van der Waals surface area contributed by atoms with E-state index in [1.54, 1.807) is 7.11 Å². The molecule has 1 N–H and O–H groups in total. The second kappa shape index (κ2) is 5.69. The average Bonchev–Trinajstić information content (AvgIpc) is 3.00. The van der Waals surface area contributed by atoms with Crippen LogP contribution in [-0.4, -0.2) is 43.1 Å². The summed E-state index contributed by atoms with van der Waals surface area (Å²) in [7, 11) is 1.59. The molecule has 2 aliphatic rings. The van der Waals surface area contributed by atoms with E-state index in [0.29, 0.717) is 23.4 Å². The number of fused-ring (bicyclic) bond motifs is 2. The van der Waals surface area contributed by atoms with Crippen molar-refractivity contribution in [2.75, 3.05) is 20.2 Å². The Morgan fingerprint density at radius 2 is 2.32 bits per heavy atom. The minimum atomic E-state index is 0. The van der Waals surface area contributed by atoms with E-state index in [1.165, 1.54) is 0 Å². The molecule has 104 valence electrons. The lowest BCUT2D eigenvalue weighted by Gasteiger charge is -2.28. The molecule has 0 saturated carbocycles. The Morgan fingerprint density at radius 3 is 2.89 bits per heavy atom.